The van der Waals surface area contributed by atoms with Gasteiger partial charge in [-0.2, -0.15) is 4.98 Å². The van der Waals surface area contributed by atoms with Crippen molar-refractivity contribution in [3.8, 4) is 5.88 Å². The van der Waals surface area contributed by atoms with Crippen LogP contribution in [0.4, 0.5) is 11.6 Å². The van der Waals surface area contributed by atoms with E-state index in [1.165, 1.54) is 20.5 Å². The van der Waals surface area contributed by atoms with Crippen LogP contribution in [-0.2, 0) is 20.9 Å². The summed E-state index contributed by atoms with van der Waals surface area (Å²) in [4.78, 5) is 21.0. The number of hydrogen-bond donors (Lipinski definition) is 1. The molecule has 0 fully saturated rings. The normalized spacial score (nSPS) is 11.0. The number of carbonyl (C=O) groups excluding carboxylic acids is 1. The maximum absolute atomic E-state index is 12.2. The van der Waals surface area contributed by atoms with Crippen molar-refractivity contribution in [1.29, 1.82) is 0 Å². The van der Waals surface area contributed by atoms with Crippen LogP contribution in [0.3, 0.4) is 0 Å². The van der Waals surface area contributed by atoms with E-state index in [1.807, 2.05) is 61.5 Å². The number of methoxy groups -OCH3 is 2. The Labute approximate surface area is 175 Å². The summed E-state index contributed by atoms with van der Waals surface area (Å²) in [6.45, 7) is 2.07. The van der Waals surface area contributed by atoms with Crippen LogP contribution in [0, 0.1) is 6.92 Å². The zero-order chi connectivity index (χ0) is 21.3. The fraction of sp³-hybridized carbons (Fsp3) is 0.174. The van der Waals surface area contributed by atoms with Crippen LogP contribution >= 0.6 is 0 Å². The lowest BCUT2D eigenvalue weighted by Gasteiger charge is -2.13. The number of aryl methyl sites for hydroxylation is 1. The molecule has 154 valence electrons. The minimum atomic E-state index is -0.489. The number of carbonyl (C=O) groups is 1. The Kier molecular flexibility index (Phi) is 7.00. The third-order valence-corrected chi connectivity index (χ3v) is 4.18. The van der Waals surface area contributed by atoms with Gasteiger partial charge >= 0.3 is 5.97 Å². The van der Waals surface area contributed by atoms with E-state index >= 15 is 0 Å². The molecule has 0 amide bonds. The predicted molar refractivity (Wildman–Crippen MR) is 114 cm³/mol. The smallest absolute Gasteiger partial charge is 0.341 e. The number of ether oxygens (including phenoxy) is 3. The number of aromatic nitrogens is 2. The van der Waals surface area contributed by atoms with Crippen LogP contribution < -0.4 is 10.1 Å². The number of rotatable bonds is 8. The summed E-state index contributed by atoms with van der Waals surface area (Å²) in [5.74, 6) is 0.376. The van der Waals surface area contributed by atoms with Crippen molar-refractivity contribution in [2.75, 3.05) is 19.5 Å². The zero-order valence-corrected chi connectivity index (χ0v) is 17.1. The average molecular weight is 405 g/mol. The van der Waals surface area contributed by atoms with E-state index in [4.69, 9.17) is 14.2 Å². The molecule has 0 aliphatic carbocycles. The van der Waals surface area contributed by atoms with Gasteiger partial charge in [0.15, 0.2) is 0 Å². The molecule has 0 spiro atoms. The Balaban J connectivity index is 1.81. The van der Waals surface area contributed by atoms with E-state index in [0.717, 1.165) is 16.9 Å². The molecular weight excluding hydrogens is 382 g/mol. The highest BCUT2D eigenvalue weighted by Gasteiger charge is 2.17. The number of hydrogen-bond acceptors (Lipinski definition) is 7. The van der Waals surface area contributed by atoms with Crippen molar-refractivity contribution in [2.45, 2.75) is 13.5 Å². The summed E-state index contributed by atoms with van der Waals surface area (Å²) >= 11 is 0. The number of para-hydroxylation sites is 1. The maximum Gasteiger partial charge on any atom is 0.341 e. The second kappa shape index (κ2) is 10.1. The van der Waals surface area contributed by atoms with Crippen molar-refractivity contribution < 1.29 is 19.0 Å². The Morgan fingerprint density at radius 3 is 2.50 bits per heavy atom. The Bertz CT molecular complexity index is 1040. The van der Waals surface area contributed by atoms with Gasteiger partial charge in [-0.1, -0.05) is 42.5 Å². The van der Waals surface area contributed by atoms with Gasteiger partial charge in [-0.15, -0.1) is 0 Å². The summed E-state index contributed by atoms with van der Waals surface area (Å²) in [6, 6.07) is 18.8. The molecule has 3 aromatic rings. The van der Waals surface area contributed by atoms with Crippen molar-refractivity contribution >= 4 is 23.2 Å². The van der Waals surface area contributed by atoms with Crippen LogP contribution in [0.5, 0.6) is 5.88 Å². The molecule has 30 heavy (non-hydrogen) atoms. The molecule has 0 aliphatic rings. The molecule has 0 bridgehead atoms. The fourth-order valence-corrected chi connectivity index (χ4v) is 2.83. The lowest BCUT2D eigenvalue weighted by atomic mass is 10.0. The van der Waals surface area contributed by atoms with E-state index in [0.29, 0.717) is 23.0 Å². The molecule has 0 saturated heterocycles. The highest BCUT2D eigenvalue weighted by Crippen LogP contribution is 2.23. The Morgan fingerprint density at radius 1 is 1.03 bits per heavy atom. The van der Waals surface area contributed by atoms with Gasteiger partial charge in [-0.05, 0) is 30.2 Å². The molecular formula is C23H23N3O4. The van der Waals surface area contributed by atoms with Gasteiger partial charge in [0.25, 0.3) is 0 Å². The van der Waals surface area contributed by atoms with E-state index < -0.39 is 5.97 Å². The van der Waals surface area contributed by atoms with Crippen molar-refractivity contribution in [3.05, 3.63) is 83.7 Å². The third kappa shape index (κ3) is 5.35. The summed E-state index contributed by atoms with van der Waals surface area (Å²) in [7, 11) is 2.81. The minimum absolute atomic E-state index is 0.204. The summed E-state index contributed by atoms with van der Waals surface area (Å²) in [6.07, 6.45) is 1.36. The molecule has 7 heteroatoms. The van der Waals surface area contributed by atoms with E-state index in [2.05, 4.69) is 15.3 Å². The largest absolute Gasteiger partial charge is 0.503 e. The van der Waals surface area contributed by atoms with Crippen molar-refractivity contribution in [3.63, 3.8) is 0 Å². The molecule has 1 heterocycles. The van der Waals surface area contributed by atoms with Crippen LogP contribution in [0.2, 0.25) is 0 Å². The standard InChI is InChI=1S/C23H23N3O4/c1-16-13-21(26-23(24-16)25-18-10-5-4-6-11-18)30-14-17-9-7-8-12-19(17)20(15-28-2)22(27)29-3/h4-13,15H,14H2,1-3H3,(H,24,25,26)/b20-15+. The third-order valence-electron chi connectivity index (χ3n) is 4.18. The zero-order valence-electron chi connectivity index (χ0n) is 17.1. The second-order valence-electron chi connectivity index (χ2n) is 6.37. The van der Waals surface area contributed by atoms with Gasteiger partial charge in [-0.3, -0.25) is 0 Å². The molecule has 0 atom stereocenters. The molecule has 1 aromatic heterocycles. The van der Waals surface area contributed by atoms with E-state index in [1.54, 1.807) is 6.07 Å². The lowest BCUT2D eigenvalue weighted by molar-refractivity contribution is -0.133. The van der Waals surface area contributed by atoms with Crippen LogP contribution in [-0.4, -0.2) is 30.2 Å². The topological polar surface area (TPSA) is 82.6 Å². The molecule has 7 nitrogen and oxygen atoms in total. The Hall–Kier alpha value is -3.87. The first-order chi connectivity index (χ1) is 14.6. The first-order valence-corrected chi connectivity index (χ1v) is 9.31. The monoisotopic (exact) mass is 405 g/mol. The first kappa shape index (κ1) is 20.9. The van der Waals surface area contributed by atoms with Gasteiger partial charge < -0.3 is 19.5 Å². The highest BCUT2D eigenvalue weighted by molar-refractivity contribution is 6.16. The first-order valence-electron chi connectivity index (χ1n) is 9.31. The van der Waals surface area contributed by atoms with E-state index in [-0.39, 0.29) is 6.61 Å². The number of nitrogens with one attached hydrogen (secondary N) is 1. The summed E-state index contributed by atoms with van der Waals surface area (Å²) in [5, 5.41) is 3.16. The Morgan fingerprint density at radius 2 is 1.77 bits per heavy atom. The predicted octanol–water partition coefficient (Wildman–Crippen LogP) is 4.27. The van der Waals surface area contributed by atoms with Crippen LogP contribution in [0.1, 0.15) is 16.8 Å². The highest BCUT2D eigenvalue weighted by atomic mass is 16.5. The second-order valence-corrected chi connectivity index (χ2v) is 6.37. The summed E-state index contributed by atoms with van der Waals surface area (Å²) < 4.78 is 15.8. The van der Waals surface area contributed by atoms with Gasteiger partial charge in [-0.25, -0.2) is 9.78 Å². The number of nitrogens with zero attached hydrogens (tertiary/aromatic N) is 2. The minimum Gasteiger partial charge on any atom is -0.503 e. The average Bonchev–Trinajstić information content (AvgIpc) is 2.76. The van der Waals surface area contributed by atoms with Gasteiger partial charge in [0.2, 0.25) is 11.8 Å². The molecule has 1 N–H and O–H groups in total. The van der Waals surface area contributed by atoms with Gasteiger partial charge in [0.05, 0.1) is 20.5 Å². The number of benzene rings is 2. The quantitative estimate of drug-likeness (QED) is 0.340. The van der Waals surface area contributed by atoms with Crippen molar-refractivity contribution in [1.82, 2.24) is 9.97 Å². The molecule has 2 aromatic carbocycles. The number of esters is 1. The molecule has 0 radical (unpaired) electrons. The summed E-state index contributed by atoms with van der Waals surface area (Å²) in [5.41, 5.74) is 3.41. The molecule has 0 aliphatic heterocycles. The maximum atomic E-state index is 12.2. The van der Waals surface area contributed by atoms with Gasteiger partial charge in [0, 0.05) is 17.4 Å². The molecule has 0 unspecified atom stereocenters. The molecule has 3 rings (SSSR count). The fourth-order valence-electron chi connectivity index (χ4n) is 2.83. The number of anilines is 2. The SMILES string of the molecule is CO/C=C(/C(=O)OC)c1ccccc1COc1cc(C)nc(Nc2ccccc2)n1. The molecule has 0 saturated carbocycles. The lowest BCUT2D eigenvalue weighted by Crippen LogP contribution is -2.09. The van der Waals surface area contributed by atoms with Crippen LogP contribution in [0.25, 0.3) is 5.57 Å². The van der Waals surface area contributed by atoms with Crippen LogP contribution in [0.15, 0.2) is 66.9 Å². The van der Waals surface area contributed by atoms with E-state index in [9.17, 15) is 4.79 Å². The van der Waals surface area contributed by atoms with Crippen molar-refractivity contribution in [2.24, 2.45) is 0 Å². The van der Waals surface area contributed by atoms with Gasteiger partial charge in [0.1, 0.15) is 12.2 Å².